The van der Waals surface area contributed by atoms with Crippen LogP contribution in [0.1, 0.15) is 124 Å². The van der Waals surface area contributed by atoms with E-state index in [4.69, 9.17) is 18.9 Å². The molecule has 0 heterocycles. The molecule has 8 nitrogen and oxygen atoms in total. The molecule has 0 aliphatic rings. The average Bonchev–Trinajstić information content (AvgIpc) is 2.92. The first kappa shape index (κ1) is 33.1. The zero-order valence-corrected chi connectivity index (χ0v) is 23.3. The Balaban J connectivity index is 2.25. The highest BCUT2D eigenvalue weighted by Gasteiger charge is 2.19. The van der Waals surface area contributed by atoms with E-state index in [2.05, 4.69) is 13.8 Å². The van der Waals surface area contributed by atoms with Crippen LogP contribution in [0.3, 0.4) is 0 Å². The first-order valence-electron chi connectivity index (χ1n) is 14.2. The summed E-state index contributed by atoms with van der Waals surface area (Å²) in [4.78, 5) is 48.5. The lowest BCUT2D eigenvalue weighted by molar-refractivity contribution is -0.144. The minimum absolute atomic E-state index is 0.135. The molecule has 0 atom stereocenters. The summed E-state index contributed by atoms with van der Waals surface area (Å²) in [6.07, 6.45) is 11.1. The van der Waals surface area contributed by atoms with Crippen LogP contribution in [0.2, 0.25) is 0 Å². The lowest BCUT2D eigenvalue weighted by Crippen LogP contribution is -2.15. The Labute approximate surface area is 227 Å². The van der Waals surface area contributed by atoms with Gasteiger partial charge < -0.3 is 18.9 Å². The molecule has 0 aliphatic heterocycles. The summed E-state index contributed by atoms with van der Waals surface area (Å²) in [5, 5.41) is 0. The molecule has 214 valence electrons. The fraction of sp³-hybridized carbons (Fsp3) is 0.667. The van der Waals surface area contributed by atoms with Crippen molar-refractivity contribution in [1.29, 1.82) is 0 Å². The van der Waals surface area contributed by atoms with Crippen LogP contribution in [0.15, 0.2) is 24.3 Å². The molecule has 0 bridgehead atoms. The Morgan fingerprint density at radius 1 is 0.500 bits per heavy atom. The molecule has 0 saturated heterocycles. The smallest absolute Gasteiger partial charge is 0.339 e. The maximum absolute atomic E-state index is 12.5. The first-order chi connectivity index (χ1) is 18.5. The monoisotopic (exact) mass is 534 g/mol. The number of esters is 4. The number of carbonyl (C=O) groups excluding carboxylic acids is 4. The van der Waals surface area contributed by atoms with E-state index in [9.17, 15) is 19.2 Å². The van der Waals surface area contributed by atoms with Gasteiger partial charge in [0.25, 0.3) is 0 Å². The minimum atomic E-state index is -0.613. The van der Waals surface area contributed by atoms with Gasteiger partial charge in [0.15, 0.2) is 0 Å². The molecule has 1 rings (SSSR count). The lowest BCUT2D eigenvalue weighted by atomic mass is 10.1. The van der Waals surface area contributed by atoms with Crippen LogP contribution >= 0.6 is 0 Å². The van der Waals surface area contributed by atoms with Gasteiger partial charge in [-0.3, -0.25) is 9.59 Å². The molecule has 38 heavy (non-hydrogen) atoms. The van der Waals surface area contributed by atoms with Gasteiger partial charge >= 0.3 is 23.9 Å². The molecule has 1 aromatic carbocycles. The van der Waals surface area contributed by atoms with Crippen LogP contribution in [0.4, 0.5) is 0 Å². The Bertz CT molecular complexity index is 753. The first-order valence-corrected chi connectivity index (χ1v) is 14.2. The molecular formula is C30H46O8. The van der Waals surface area contributed by atoms with Crippen molar-refractivity contribution in [1.82, 2.24) is 0 Å². The molecule has 1 aromatic rings. The Hall–Kier alpha value is -2.90. The maximum Gasteiger partial charge on any atom is 0.339 e. The van der Waals surface area contributed by atoms with Crippen molar-refractivity contribution in [2.24, 2.45) is 0 Å². The minimum Gasteiger partial charge on any atom is -0.466 e. The van der Waals surface area contributed by atoms with E-state index in [-0.39, 0.29) is 49.1 Å². The Kier molecular flexibility index (Phi) is 19.3. The lowest BCUT2D eigenvalue weighted by Gasteiger charge is -2.10. The van der Waals surface area contributed by atoms with E-state index in [1.165, 1.54) is 12.1 Å². The molecular weight excluding hydrogens is 488 g/mol. The van der Waals surface area contributed by atoms with Gasteiger partial charge in [0, 0.05) is 12.8 Å². The van der Waals surface area contributed by atoms with Gasteiger partial charge in [-0.1, -0.05) is 64.5 Å². The topological polar surface area (TPSA) is 105 Å². The molecule has 8 heteroatoms. The van der Waals surface area contributed by atoms with Crippen molar-refractivity contribution in [2.45, 2.75) is 104 Å². The summed E-state index contributed by atoms with van der Waals surface area (Å²) in [5.74, 6) is -1.70. The number of hydrogen-bond acceptors (Lipinski definition) is 8. The molecule has 0 fully saturated rings. The van der Waals surface area contributed by atoms with Crippen molar-refractivity contribution in [3.05, 3.63) is 35.4 Å². The zero-order chi connectivity index (χ0) is 27.8. The van der Waals surface area contributed by atoms with Crippen molar-refractivity contribution in [3.8, 4) is 0 Å². The average molecular weight is 535 g/mol. The van der Waals surface area contributed by atoms with E-state index in [0.29, 0.717) is 38.9 Å². The van der Waals surface area contributed by atoms with Crippen molar-refractivity contribution < 1.29 is 38.1 Å². The van der Waals surface area contributed by atoms with E-state index < -0.39 is 11.9 Å². The second-order valence-corrected chi connectivity index (χ2v) is 9.29. The van der Waals surface area contributed by atoms with Crippen LogP contribution in [0, 0.1) is 0 Å². The van der Waals surface area contributed by atoms with Crippen molar-refractivity contribution in [2.75, 3.05) is 26.4 Å². The SMILES string of the molecule is CCCCCCOC(=O)CCCCOC(=O)c1ccccc1C(=O)OCCCCC(=O)OCCCCCC. The third-order valence-corrected chi connectivity index (χ3v) is 5.91. The van der Waals surface area contributed by atoms with Crippen LogP contribution < -0.4 is 0 Å². The fourth-order valence-electron chi connectivity index (χ4n) is 3.64. The number of unbranched alkanes of at least 4 members (excludes halogenated alkanes) is 8. The van der Waals surface area contributed by atoms with Crippen molar-refractivity contribution in [3.63, 3.8) is 0 Å². The van der Waals surface area contributed by atoms with Gasteiger partial charge in [0.1, 0.15) is 0 Å². The predicted octanol–water partition coefficient (Wildman–Crippen LogP) is 6.59. The van der Waals surface area contributed by atoms with Crippen LogP contribution in [-0.4, -0.2) is 50.3 Å². The predicted molar refractivity (Wildman–Crippen MR) is 145 cm³/mol. The Morgan fingerprint density at radius 3 is 1.26 bits per heavy atom. The summed E-state index contributed by atoms with van der Waals surface area (Å²) in [6.45, 7) is 5.44. The van der Waals surface area contributed by atoms with Gasteiger partial charge in [-0.25, -0.2) is 9.59 Å². The highest BCUT2D eigenvalue weighted by atomic mass is 16.5. The van der Waals surface area contributed by atoms with E-state index in [1.54, 1.807) is 12.1 Å². The molecule has 0 unspecified atom stereocenters. The highest BCUT2D eigenvalue weighted by molar-refractivity contribution is 6.03. The fourth-order valence-corrected chi connectivity index (χ4v) is 3.64. The van der Waals surface area contributed by atoms with Crippen LogP contribution in [-0.2, 0) is 28.5 Å². The number of carbonyl (C=O) groups is 4. The quantitative estimate of drug-likeness (QED) is 0.0932. The van der Waals surface area contributed by atoms with E-state index in [0.717, 1.165) is 51.4 Å². The summed E-state index contributed by atoms with van der Waals surface area (Å²) in [5.41, 5.74) is 0.270. The molecule has 0 aromatic heterocycles. The summed E-state index contributed by atoms with van der Waals surface area (Å²) >= 11 is 0. The largest absolute Gasteiger partial charge is 0.466 e. The normalized spacial score (nSPS) is 10.6. The number of ether oxygens (including phenoxy) is 4. The molecule has 0 saturated carbocycles. The molecule has 0 amide bonds. The zero-order valence-electron chi connectivity index (χ0n) is 23.3. The molecule has 0 spiro atoms. The van der Waals surface area contributed by atoms with Crippen LogP contribution in [0.5, 0.6) is 0 Å². The van der Waals surface area contributed by atoms with E-state index >= 15 is 0 Å². The maximum atomic E-state index is 12.5. The summed E-state index contributed by atoms with van der Waals surface area (Å²) in [7, 11) is 0. The van der Waals surface area contributed by atoms with E-state index in [1.807, 2.05) is 0 Å². The molecule has 0 aliphatic carbocycles. The summed E-state index contributed by atoms with van der Waals surface area (Å²) in [6, 6.07) is 6.34. The number of rotatable bonds is 22. The molecule has 0 radical (unpaired) electrons. The van der Waals surface area contributed by atoms with Gasteiger partial charge in [0.05, 0.1) is 37.6 Å². The van der Waals surface area contributed by atoms with Crippen LogP contribution in [0.25, 0.3) is 0 Å². The number of benzene rings is 1. The van der Waals surface area contributed by atoms with Crippen molar-refractivity contribution >= 4 is 23.9 Å². The second-order valence-electron chi connectivity index (χ2n) is 9.29. The second kappa shape index (κ2) is 22.1. The number of hydrogen-bond donors (Lipinski definition) is 0. The van der Waals surface area contributed by atoms with Gasteiger partial charge in [-0.05, 0) is 50.7 Å². The van der Waals surface area contributed by atoms with Gasteiger partial charge in [0.2, 0.25) is 0 Å². The Morgan fingerprint density at radius 2 is 0.868 bits per heavy atom. The highest BCUT2D eigenvalue weighted by Crippen LogP contribution is 2.13. The summed E-state index contributed by atoms with van der Waals surface area (Å²) < 4.78 is 21.0. The standard InChI is InChI=1S/C30H46O8/c1-3-5-7-13-21-35-27(31)19-11-15-23-37-29(33)25-17-9-10-18-26(25)30(34)38-24-16-12-20-28(32)36-22-14-8-6-4-2/h9-10,17-18H,3-8,11-16,19-24H2,1-2H3. The third kappa shape index (κ3) is 16.0. The van der Waals surface area contributed by atoms with Gasteiger partial charge in [-0.15, -0.1) is 0 Å². The third-order valence-electron chi connectivity index (χ3n) is 5.91. The van der Waals surface area contributed by atoms with Gasteiger partial charge in [-0.2, -0.15) is 0 Å². The molecule has 0 N–H and O–H groups in total.